The van der Waals surface area contributed by atoms with Crippen LogP contribution in [0.5, 0.6) is 0 Å². The van der Waals surface area contributed by atoms with Gasteiger partial charge < -0.3 is 10.2 Å². The molecule has 0 radical (unpaired) electrons. The Kier molecular flexibility index (Phi) is 6.22. The summed E-state index contributed by atoms with van der Waals surface area (Å²) in [6, 6.07) is 0.519. The van der Waals surface area contributed by atoms with Crippen LogP contribution in [0.15, 0.2) is 11.6 Å². The summed E-state index contributed by atoms with van der Waals surface area (Å²) in [5.41, 5.74) is 0.464. The Morgan fingerprint density at radius 2 is 2.06 bits per heavy atom. The van der Waals surface area contributed by atoms with Gasteiger partial charge in [-0.25, -0.2) is 4.79 Å². The van der Waals surface area contributed by atoms with Crippen LogP contribution in [0.25, 0.3) is 0 Å². The van der Waals surface area contributed by atoms with Crippen LogP contribution in [-0.4, -0.2) is 46.8 Å². The Bertz CT molecular complexity index is 270. The van der Waals surface area contributed by atoms with Gasteiger partial charge in [-0.3, -0.25) is 4.90 Å². The van der Waals surface area contributed by atoms with Crippen LogP contribution >= 0.6 is 0 Å². The first-order chi connectivity index (χ1) is 8.19. The molecule has 1 saturated carbocycles. The molecule has 0 spiro atoms. The van der Waals surface area contributed by atoms with Crippen LogP contribution in [0.4, 0.5) is 0 Å². The molecule has 0 saturated heterocycles. The standard InChI is InChI=1S/C13H23NO3/c1-2-11(13(16)17)7-8-14(9-10-15)12-5-3-4-6-12/h7,12,15H,2-6,8-10H2,1H3,(H,16,17). The maximum atomic E-state index is 10.9. The Labute approximate surface area is 103 Å². The molecule has 2 N–H and O–H groups in total. The van der Waals surface area contributed by atoms with E-state index in [1.165, 1.54) is 25.7 Å². The third kappa shape index (κ3) is 4.48. The van der Waals surface area contributed by atoms with Crippen molar-refractivity contribution in [2.45, 2.75) is 45.1 Å². The van der Waals surface area contributed by atoms with Crippen LogP contribution in [-0.2, 0) is 4.79 Å². The van der Waals surface area contributed by atoms with Crippen molar-refractivity contribution < 1.29 is 15.0 Å². The molecule has 0 atom stereocenters. The van der Waals surface area contributed by atoms with Crippen LogP contribution in [0.2, 0.25) is 0 Å². The molecule has 0 heterocycles. The monoisotopic (exact) mass is 241 g/mol. The van der Waals surface area contributed by atoms with Gasteiger partial charge in [0.25, 0.3) is 0 Å². The quantitative estimate of drug-likeness (QED) is 0.665. The molecule has 4 heteroatoms. The number of carbonyl (C=O) groups is 1. The molecular weight excluding hydrogens is 218 g/mol. The minimum absolute atomic E-state index is 0.138. The SMILES string of the molecule is CCC(=CCN(CCO)C1CCCC1)C(=O)O. The lowest BCUT2D eigenvalue weighted by atomic mass is 10.1. The lowest BCUT2D eigenvalue weighted by Gasteiger charge is -2.26. The number of carboxylic acid groups (broad SMARTS) is 1. The molecule has 0 aromatic heterocycles. The fourth-order valence-corrected chi connectivity index (χ4v) is 2.43. The predicted octanol–water partition coefficient (Wildman–Crippen LogP) is 1.64. The van der Waals surface area contributed by atoms with Gasteiger partial charge >= 0.3 is 5.97 Å². The van der Waals surface area contributed by atoms with Crippen LogP contribution < -0.4 is 0 Å². The summed E-state index contributed by atoms with van der Waals surface area (Å²) in [5, 5.41) is 18.0. The Morgan fingerprint density at radius 1 is 1.41 bits per heavy atom. The molecule has 1 fully saturated rings. The highest BCUT2D eigenvalue weighted by Crippen LogP contribution is 2.23. The number of carboxylic acids is 1. The fourth-order valence-electron chi connectivity index (χ4n) is 2.43. The Balaban J connectivity index is 2.56. The maximum Gasteiger partial charge on any atom is 0.331 e. The minimum Gasteiger partial charge on any atom is -0.478 e. The minimum atomic E-state index is -0.831. The number of hydrogen-bond acceptors (Lipinski definition) is 3. The number of hydrogen-bond donors (Lipinski definition) is 2. The first kappa shape index (κ1) is 14.2. The zero-order valence-electron chi connectivity index (χ0n) is 10.6. The topological polar surface area (TPSA) is 60.8 Å². The highest BCUT2D eigenvalue weighted by atomic mass is 16.4. The van der Waals surface area contributed by atoms with Gasteiger partial charge in [0.15, 0.2) is 0 Å². The average molecular weight is 241 g/mol. The zero-order valence-corrected chi connectivity index (χ0v) is 10.6. The van der Waals surface area contributed by atoms with Crippen molar-refractivity contribution in [2.24, 2.45) is 0 Å². The number of nitrogens with zero attached hydrogens (tertiary/aromatic N) is 1. The number of aliphatic hydroxyl groups excluding tert-OH is 1. The largest absolute Gasteiger partial charge is 0.478 e. The summed E-state index contributed by atoms with van der Waals surface area (Å²) >= 11 is 0. The summed E-state index contributed by atoms with van der Waals surface area (Å²) < 4.78 is 0. The van der Waals surface area contributed by atoms with Gasteiger partial charge in [0.1, 0.15) is 0 Å². The predicted molar refractivity (Wildman–Crippen MR) is 66.9 cm³/mol. The van der Waals surface area contributed by atoms with E-state index in [4.69, 9.17) is 10.2 Å². The number of rotatable bonds is 7. The average Bonchev–Trinajstić information content (AvgIpc) is 2.81. The van der Waals surface area contributed by atoms with Gasteiger partial charge in [0.05, 0.1) is 6.61 Å². The van der Waals surface area contributed by atoms with Gasteiger partial charge in [-0.05, 0) is 19.3 Å². The van der Waals surface area contributed by atoms with E-state index in [1.807, 2.05) is 6.92 Å². The van der Waals surface area contributed by atoms with Crippen molar-refractivity contribution in [3.05, 3.63) is 11.6 Å². The molecule has 0 aromatic rings. The van der Waals surface area contributed by atoms with Gasteiger partial charge in [-0.1, -0.05) is 25.8 Å². The molecule has 0 bridgehead atoms. The second-order valence-corrected chi connectivity index (χ2v) is 4.54. The van der Waals surface area contributed by atoms with E-state index in [-0.39, 0.29) is 6.61 Å². The molecule has 0 unspecified atom stereocenters. The molecule has 1 rings (SSSR count). The molecule has 1 aliphatic rings. The molecule has 17 heavy (non-hydrogen) atoms. The highest BCUT2D eigenvalue weighted by molar-refractivity contribution is 5.86. The smallest absolute Gasteiger partial charge is 0.331 e. The molecule has 0 amide bonds. The molecule has 4 nitrogen and oxygen atoms in total. The van der Waals surface area contributed by atoms with E-state index in [0.717, 1.165) is 0 Å². The Hall–Kier alpha value is -0.870. The van der Waals surface area contributed by atoms with Crippen molar-refractivity contribution in [3.8, 4) is 0 Å². The third-order valence-corrected chi connectivity index (χ3v) is 3.46. The summed E-state index contributed by atoms with van der Waals surface area (Å²) in [7, 11) is 0. The molecule has 0 aromatic carbocycles. The maximum absolute atomic E-state index is 10.9. The van der Waals surface area contributed by atoms with Crippen molar-refractivity contribution in [1.29, 1.82) is 0 Å². The van der Waals surface area contributed by atoms with E-state index in [9.17, 15) is 4.79 Å². The molecule has 0 aliphatic heterocycles. The van der Waals surface area contributed by atoms with Gasteiger partial charge in [0.2, 0.25) is 0 Å². The third-order valence-electron chi connectivity index (χ3n) is 3.46. The van der Waals surface area contributed by atoms with Gasteiger partial charge in [-0.15, -0.1) is 0 Å². The van der Waals surface area contributed by atoms with Gasteiger partial charge in [0, 0.05) is 24.7 Å². The van der Waals surface area contributed by atoms with Crippen molar-refractivity contribution in [2.75, 3.05) is 19.7 Å². The van der Waals surface area contributed by atoms with Crippen molar-refractivity contribution in [1.82, 2.24) is 4.90 Å². The van der Waals surface area contributed by atoms with E-state index < -0.39 is 5.97 Å². The molecular formula is C13H23NO3. The van der Waals surface area contributed by atoms with Crippen LogP contribution in [0.3, 0.4) is 0 Å². The lowest BCUT2D eigenvalue weighted by Crippen LogP contribution is -2.36. The second kappa shape index (κ2) is 7.45. The van der Waals surface area contributed by atoms with E-state index in [2.05, 4.69) is 4.90 Å². The number of aliphatic hydroxyl groups is 1. The summed E-state index contributed by atoms with van der Waals surface area (Å²) in [5.74, 6) is -0.831. The number of aliphatic carboxylic acids is 1. The highest BCUT2D eigenvalue weighted by Gasteiger charge is 2.21. The fraction of sp³-hybridized carbons (Fsp3) is 0.769. The van der Waals surface area contributed by atoms with E-state index >= 15 is 0 Å². The lowest BCUT2D eigenvalue weighted by molar-refractivity contribution is -0.132. The van der Waals surface area contributed by atoms with E-state index in [0.29, 0.717) is 31.1 Å². The normalized spacial score (nSPS) is 17.9. The zero-order chi connectivity index (χ0) is 12.7. The first-order valence-corrected chi connectivity index (χ1v) is 6.46. The Morgan fingerprint density at radius 3 is 2.53 bits per heavy atom. The van der Waals surface area contributed by atoms with Crippen molar-refractivity contribution in [3.63, 3.8) is 0 Å². The van der Waals surface area contributed by atoms with Crippen molar-refractivity contribution >= 4 is 5.97 Å². The molecule has 98 valence electrons. The van der Waals surface area contributed by atoms with Gasteiger partial charge in [-0.2, -0.15) is 0 Å². The summed E-state index contributed by atoms with van der Waals surface area (Å²) in [6.45, 7) is 3.27. The first-order valence-electron chi connectivity index (χ1n) is 6.46. The van der Waals surface area contributed by atoms with E-state index in [1.54, 1.807) is 6.08 Å². The van der Waals surface area contributed by atoms with Crippen LogP contribution in [0.1, 0.15) is 39.0 Å². The summed E-state index contributed by atoms with van der Waals surface area (Å²) in [4.78, 5) is 13.1. The second-order valence-electron chi connectivity index (χ2n) is 4.54. The molecule has 1 aliphatic carbocycles. The summed E-state index contributed by atoms with van der Waals surface area (Å²) in [6.07, 6.45) is 7.17. The van der Waals surface area contributed by atoms with Crippen LogP contribution in [0, 0.1) is 0 Å².